The van der Waals surface area contributed by atoms with Crippen LogP contribution in [0.4, 0.5) is 4.39 Å². The van der Waals surface area contributed by atoms with Crippen LogP contribution in [0.5, 0.6) is 0 Å². The third kappa shape index (κ3) is 3.20. The van der Waals surface area contributed by atoms with Gasteiger partial charge in [-0.25, -0.2) is 4.39 Å². The van der Waals surface area contributed by atoms with Crippen molar-refractivity contribution in [2.24, 2.45) is 5.92 Å². The summed E-state index contributed by atoms with van der Waals surface area (Å²) in [6.45, 7) is 3.95. The van der Waals surface area contributed by atoms with Crippen molar-refractivity contribution >= 4 is 17.5 Å². The maximum absolute atomic E-state index is 13.0. The van der Waals surface area contributed by atoms with Crippen LogP contribution in [0.25, 0.3) is 0 Å². The molecule has 0 bridgehead atoms. The van der Waals surface area contributed by atoms with Crippen LogP contribution in [-0.4, -0.2) is 5.91 Å². The number of carbonyl (C=O) groups excluding carboxylic acids is 1. The lowest BCUT2D eigenvalue weighted by atomic mass is 9.95. The number of benzene rings is 1. The topological polar surface area (TPSA) is 42.2 Å². The summed E-state index contributed by atoms with van der Waals surface area (Å²) in [6, 6.07) is 7.37. The monoisotopic (exact) mass is 295 g/mol. The van der Waals surface area contributed by atoms with E-state index in [1.165, 1.54) is 24.5 Å². The van der Waals surface area contributed by atoms with Gasteiger partial charge in [0.05, 0.1) is 17.9 Å². The molecule has 106 valence electrons. The minimum absolute atomic E-state index is 0.0594. The second-order valence-corrected chi connectivity index (χ2v) is 5.20. The van der Waals surface area contributed by atoms with Crippen LogP contribution in [0.2, 0.25) is 5.22 Å². The average Bonchev–Trinajstić information content (AvgIpc) is 2.83. The van der Waals surface area contributed by atoms with E-state index >= 15 is 0 Å². The van der Waals surface area contributed by atoms with Crippen molar-refractivity contribution in [2.75, 3.05) is 0 Å². The third-order valence-electron chi connectivity index (χ3n) is 3.04. The van der Waals surface area contributed by atoms with E-state index in [1.807, 2.05) is 13.8 Å². The molecular weight excluding hydrogens is 281 g/mol. The molecule has 1 amide bonds. The largest absolute Gasteiger partial charge is 0.452 e. The molecule has 3 nitrogen and oxygen atoms in total. The number of rotatable bonds is 4. The molecule has 1 N–H and O–H groups in total. The van der Waals surface area contributed by atoms with Gasteiger partial charge < -0.3 is 9.73 Å². The van der Waals surface area contributed by atoms with Crippen LogP contribution in [-0.2, 0) is 0 Å². The van der Waals surface area contributed by atoms with Crippen molar-refractivity contribution in [1.29, 1.82) is 0 Å². The fraction of sp³-hybridized carbons (Fsp3) is 0.267. The molecule has 1 aromatic heterocycles. The summed E-state index contributed by atoms with van der Waals surface area (Å²) >= 11 is 5.79. The molecule has 1 unspecified atom stereocenters. The molecule has 1 atom stereocenters. The van der Waals surface area contributed by atoms with Gasteiger partial charge in [0.1, 0.15) is 5.82 Å². The summed E-state index contributed by atoms with van der Waals surface area (Å²) < 4.78 is 17.9. The second-order valence-electron chi connectivity index (χ2n) is 4.85. The van der Waals surface area contributed by atoms with Gasteiger partial charge in [0.2, 0.25) is 5.22 Å². The SMILES string of the molecule is CC(C)C(NC(=O)c1ccoc1Cl)c1ccc(F)cc1. The predicted octanol–water partition coefficient (Wildman–Crippen LogP) is 4.20. The lowest BCUT2D eigenvalue weighted by molar-refractivity contribution is 0.0925. The molecule has 0 aliphatic rings. The van der Waals surface area contributed by atoms with Crippen LogP contribution in [0, 0.1) is 11.7 Å². The standard InChI is InChI=1S/C15H15ClFNO2/c1-9(2)13(10-3-5-11(17)6-4-10)18-15(19)12-7-8-20-14(12)16/h3-9,13H,1-2H3,(H,18,19). The summed E-state index contributed by atoms with van der Waals surface area (Å²) in [5, 5.41) is 2.95. The Bertz CT molecular complexity index is 592. The van der Waals surface area contributed by atoms with E-state index in [9.17, 15) is 9.18 Å². The Morgan fingerprint density at radius 2 is 1.90 bits per heavy atom. The molecule has 20 heavy (non-hydrogen) atoms. The first-order valence-electron chi connectivity index (χ1n) is 6.28. The van der Waals surface area contributed by atoms with Gasteiger partial charge >= 0.3 is 0 Å². The fourth-order valence-corrected chi connectivity index (χ4v) is 2.18. The van der Waals surface area contributed by atoms with E-state index in [1.54, 1.807) is 12.1 Å². The highest BCUT2D eigenvalue weighted by Crippen LogP contribution is 2.24. The van der Waals surface area contributed by atoms with E-state index in [4.69, 9.17) is 16.0 Å². The van der Waals surface area contributed by atoms with Gasteiger partial charge in [-0.05, 0) is 41.3 Å². The molecule has 1 heterocycles. The van der Waals surface area contributed by atoms with Crippen molar-refractivity contribution in [3.8, 4) is 0 Å². The second kappa shape index (κ2) is 6.09. The fourth-order valence-electron chi connectivity index (χ4n) is 1.98. The van der Waals surface area contributed by atoms with Crippen LogP contribution in [0.15, 0.2) is 41.0 Å². The molecule has 2 aromatic rings. The Balaban J connectivity index is 2.20. The first-order chi connectivity index (χ1) is 9.49. The van der Waals surface area contributed by atoms with Gasteiger partial charge in [-0.2, -0.15) is 0 Å². The maximum atomic E-state index is 13.0. The Kier molecular flexibility index (Phi) is 4.45. The van der Waals surface area contributed by atoms with Crippen LogP contribution in [0.1, 0.15) is 35.8 Å². The minimum atomic E-state index is -0.313. The number of nitrogens with one attached hydrogen (secondary N) is 1. The normalized spacial score (nSPS) is 12.4. The van der Waals surface area contributed by atoms with E-state index in [2.05, 4.69) is 5.32 Å². The molecule has 0 radical (unpaired) electrons. The Hall–Kier alpha value is -1.81. The molecule has 0 saturated heterocycles. The lowest BCUT2D eigenvalue weighted by Crippen LogP contribution is -2.31. The smallest absolute Gasteiger partial charge is 0.256 e. The average molecular weight is 296 g/mol. The van der Waals surface area contributed by atoms with E-state index < -0.39 is 0 Å². The molecule has 2 rings (SSSR count). The van der Waals surface area contributed by atoms with Crippen molar-refractivity contribution in [1.82, 2.24) is 5.32 Å². The number of hydrogen-bond acceptors (Lipinski definition) is 2. The maximum Gasteiger partial charge on any atom is 0.256 e. The first-order valence-corrected chi connectivity index (χ1v) is 6.66. The minimum Gasteiger partial charge on any atom is -0.452 e. The number of hydrogen-bond donors (Lipinski definition) is 1. The highest BCUT2D eigenvalue weighted by Gasteiger charge is 2.21. The predicted molar refractivity (Wildman–Crippen MR) is 75.2 cm³/mol. The van der Waals surface area contributed by atoms with Crippen LogP contribution < -0.4 is 5.32 Å². The zero-order chi connectivity index (χ0) is 14.7. The lowest BCUT2D eigenvalue weighted by Gasteiger charge is -2.22. The van der Waals surface area contributed by atoms with Gasteiger partial charge in [-0.1, -0.05) is 26.0 Å². The van der Waals surface area contributed by atoms with Crippen molar-refractivity contribution in [2.45, 2.75) is 19.9 Å². The number of carbonyl (C=O) groups is 1. The van der Waals surface area contributed by atoms with Gasteiger partial charge in [0.25, 0.3) is 5.91 Å². The Morgan fingerprint density at radius 1 is 1.25 bits per heavy atom. The van der Waals surface area contributed by atoms with Gasteiger partial charge in [0.15, 0.2) is 0 Å². The zero-order valence-electron chi connectivity index (χ0n) is 11.2. The summed E-state index contributed by atoms with van der Waals surface area (Å²) in [4.78, 5) is 12.2. The quantitative estimate of drug-likeness (QED) is 0.918. The molecule has 0 fully saturated rings. The summed E-state index contributed by atoms with van der Waals surface area (Å²) in [5.74, 6) is -0.470. The van der Waals surface area contributed by atoms with E-state index in [-0.39, 0.29) is 28.9 Å². The van der Waals surface area contributed by atoms with Crippen LogP contribution in [0.3, 0.4) is 0 Å². The van der Waals surface area contributed by atoms with Gasteiger partial charge in [-0.3, -0.25) is 4.79 Å². The molecule has 0 aliphatic carbocycles. The summed E-state index contributed by atoms with van der Waals surface area (Å²) in [5.41, 5.74) is 1.13. The molecular formula is C15H15ClFNO2. The summed E-state index contributed by atoms with van der Waals surface area (Å²) in [7, 11) is 0. The van der Waals surface area contributed by atoms with Crippen molar-refractivity contribution < 1.29 is 13.6 Å². The van der Waals surface area contributed by atoms with Gasteiger partial charge in [-0.15, -0.1) is 0 Å². The molecule has 0 spiro atoms. The Morgan fingerprint density at radius 3 is 2.40 bits per heavy atom. The van der Waals surface area contributed by atoms with E-state index in [0.717, 1.165) is 5.56 Å². The first kappa shape index (κ1) is 14.6. The zero-order valence-corrected chi connectivity index (χ0v) is 11.9. The molecule has 1 aromatic carbocycles. The number of amides is 1. The third-order valence-corrected chi connectivity index (χ3v) is 3.34. The van der Waals surface area contributed by atoms with Crippen molar-refractivity contribution in [3.05, 3.63) is 58.8 Å². The Labute approximate surface area is 121 Å². The highest BCUT2D eigenvalue weighted by atomic mass is 35.5. The van der Waals surface area contributed by atoms with Gasteiger partial charge in [0, 0.05) is 0 Å². The molecule has 0 saturated carbocycles. The van der Waals surface area contributed by atoms with Crippen LogP contribution >= 0.6 is 11.6 Å². The number of halogens is 2. The van der Waals surface area contributed by atoms with E-state index in [0.29, 0.717) is 5.56 Å². The molecule has 0 aliphatic heterocycles. The van der Waals surface area contributed by atoms with Crippen molar-refractivity contribution in [3.63, 3.8) is 0 Å². The molecule has 5 heteroatoms. The summed E-state index contributed by atoms with van der Waals surface area (Å²) in [6.07, 6.45) is 1.36. The number of furan rings is 1. The highest BCUT2D eigenvalue weighted by molar-refractivity contribution is 6.32.